The Hall–Kier alpha value is -2.30. The van der Waals surface area contributed by atoms with Gasteiger partial charge in [0.1, 0.15) is 4.90 Å². The van der Waals surface area contributed by atoms with E-state index in [0.717, 1.165) is 13.1 Å². The number of hydrogen-bond acceptors (Lipinski definition) is 10. The van der Waals surface area contributed by atoms with Crippen molar-refractivity contribution in [3.8, 4) is 10.8 Å². The molecule has 11 nitrogen and oxygen atoms in total. The lowest BCUT2D eigenvalue weighted by molar-refractivity contribution is -0.0116. The number of sulfonamides is 1. The zero-order valence-electron chi connectivity index (χ0n) is 19.2. The quantitative estimate of drug-likeness (QED) is 0.453. The number of nitrogens with zero attached hydrogens (tertiary/aromatic N) is 6. The Balaban J connectivity index is 1.45. The molecule has 0 unspecified atom stereocenters. The number of hydrogen-bond donors (Lipinski definition) is 2. The molecule has 2 saturated heterocycles. The van der Waals surface area contributed by atoms with E-state index >= 15 is 0 Å². The minimum Gasteiger partial charge on any atom is -0.394 e. The van der Waals surface area contributed by atoms with Crippen LogP contribution >= 0.6 is 11.3 Å². The summed E-state index contributed by atoms with van der Waals surface area (Å²) in [5, 5.41) is 16.8. The van der Waals surface area contributed by atoms with Crippen LogP contribution in [0.3, 0.4) is 0 Å². The van der Waals surface area contributed by atoms with Crippen molar-refractivity contribution in [2.75, 3.05) is 50.9 Å². The van der Waals surface area contributed by atoms with Crippen LogP contribution in [0.2, 0.25) is 0 Å². The van der Waals surface area contributed by atoms with Gasteiger partial charge in [-0.1, -0.05) is 11.3 Å². The standard InChI is InChI=1S/C21H25F2N7O4S2/c22-17(23)19-25-26-20(35-19)18-24-8-16-15(29-4-3-28-5-6-34-11-13(28)9-29)7-14(10-30(16)18)36(32,33)27-21(12-31)1-2-21/h7-8,10,13,17,27,31H,1-6,9,11-12H2/t13-/m1/s1. The van der Waals surface area contributed by atoms with E-state index in [2.05, 4.69) is 29.7 Å². The van der Waals surface area contributed by atoms with Gasteiger partial charge in [-0.25, -0.2) is 26.9 Å². The Kier molecular flexibility index (Phi) is 5.96. The van der Waals surface area contributed by atoms with Crippen LogP contribution in [0.1, 0.15) is 24.3 Å². The summed E-state index contributed by atoms with van der Waals surface area (Å²) >= 11 is 0.716. The number of rotatable bonds is 7. The van der Waals surface area contributed by atoms with Crippen LogP contribution in [-0.2, 0) is 14.8 Å². The maximum Gasteiger partial charge on any atom is 0.291 e. The van der Waals surface area contributed by atoms with Crippen molar-refractivity contribution in [1.29, 1.82) is 0 Å². The molecule has 1 atom stereocenters. The summed E-state index contributed by atoms with van der Waals surface area (Å²) in [5.74, 6) is 0.232. The number of piperazine rings is 1. The van der Waals surface area contributed by atoms with Crippen molar-refractivity contribution >= 4 is 32.6 Å². The van der Waals surface area contributed by atoms with Crippen molar-refractivity contribution in [3.63, 3.8) is 0 Å². The SMILES string of the molecule is O=S(=O)(NC1(CO)CC1)c1cc(N2CCN3CCOC[C@H]3C2)c2cnc(-c3nnc(C(F)F)s3)n2c1. The molecule has 2 N–H and O–H groups in total. The number of pyridine rings is 1. The van der Waals surface area contributed by atoms with Gasteiger partial charge in [0.2, 0.25) is 10.0 Å². The van der Waals surface area contributed by atoms with E-state index in [-0.39, 0.29) is 28.4 Å². The lowest BCUT2D eigenvalue weighted by atomic mass is 10.1. The Morgan fingerprint density at radius 1 is 1.28 bits per heavy atom. The highest BCUT2D eigenvalue weighted by molar-refractivity contribution is 7.89. The Morgan fingerprint density at radius 3 is 2.83 bits per heavy atom. The summed E-state index contributed by atoms with van der Waals surface area (Å²) < 4.78 is 62.9. The Bertz CT molecular complexity index is 1390. The number of alkyl halides is 2. The minimum absolute atomic E-state index is 0.00935. The molecular weight excluding hydrogens is 516 g/mol. The normalized spacial score (nSPS) is 22.3. The van der Waals surface area contributed by atoms with Crippen molar-refractivity contribution in [2.45, 2.75) is 35.7 Å². The highest BCUT2D eigenvalue weighted by Crippen LogP contribution is 2.38. The summed E-state index contributed by atoms with van der Waals surface area (Å²) in [7, 11) is -4.00. The molecule has 3 aromatic heterocycles. The summed E-state index contributed by atoms with van der Waals surface area (Å²) in [6.07, 6.45) is 1.36. The summed E-state index contributed by atoms with van der Waals surface area (Å²) in [5.41, 5.74) is 0.447. The molecule has 0 radical (unpaired) electrons. The van der Waals surface area contributed by atoms with Crippen LogP contribution < -0.4 is 9.62 Å². The average molecular weight is 542 g/mol. The number of morpholine rings is 1. The van der Waals surface area contributed by atoms with Gasteiger partial charge in [-0.05, 0) is 18.9 Å². The largest absolute Gasteiger partial charge is 0.394 e. The van der Waals surface area contributed by atoms with E-state index in [1.165, 1.54) is 6.20 Å². The van der Waals surface area contributed by atoms with E-state index in [4.69, 9.17) is 4.74 Å². The third-order valence-electron chi connectivity index (χ3n) is 7.01. The fourth-order valence-electron chi connectivity index (χ4n) is 4.78. The zero-order valence-corrected chi connectivity index (χ0v) is 20.8. The molecular formula is C21H25F2N7O4S2. The summed E-state index contributed by atoms with van der Waals surface area (Å²) in [4.78, 5) is 8.88. The molecule has 1 aliphatic carbocycles. The van der Waals surface area contributed by atoms with Crippen LogP contribution in [0.25, 0.3) is 16.3 Å². The maximum atomic E-state index is 13.4. The first kappa shape index (κ1) is 24.1. The first-order valence-corrected chi connectivity index (χ1v) is 13.9. The fourth-order valence-corrected chi connectivity index (χ4v) is 6.94. The van der Waals surface area contributed by atoms with Gasteiger partial charge in [0, 0.05) is 32.4 Å². The smallest absolute Gasteiger partial charge is 0.291 e. The number of fused-ring (bicyclic) bond motifs is 2. The van der Waals surface area contributed by atoms with E-state index < -0.39 is 27.0 Å². The van der Waals surface area contributed by atoms with Gasteiger partial charge in [-0.2, -0.15) is 0 Å². The Morgan fingerprint density at radius 2 is 2.11 bits per heavy atom. The van der Waals surface area contributed by atoms with Crippen molar-refractivity contribution in [3.05, 3.63) is 23.5 Å². The maximum absolute atomic E-state index is 13.4. The van der Waals surface area contributed by atoms with Gasteiger partial charge < -0.3 is 14.7 Å². The molecule has 3 aliphatic rings. The van der Waals surface area contributed by atoms with Gasteiger partial charge in [0.25, 0.3) is 6.43 Å². The zero-order chi connectivity index (χ0) is 25.1. The first-order valence-electron chi connectivity index (χ1n) is 11.6. The molecule has 1 saturated carbocycles. The molecule has 6 rings (SSSR count). The van der Waals surface area contributed by atoms with Crippen molar-refractivity contribution in [1.82, 2.24) is 29.2 Å². The van der Waals surface area contributed by atoms with Gasteiger partial charge in [-0.3, -0.25) is 9.30 Å². The summed E-state index contributed by atoms with van der Waals surface area (Å²) in [6, 6.07) is 1.79. The van der Waals surface area contributed by atoms with E-state index in [0.29, 0.717) is 61.7 Å². The number of halogens is 2. The third kappa shape index (κ3) is 4.26. The highest BCUT2D eigenvalue weighted by atomic mass is 32.2. The summed E-state index contributed by atoms with van der Waals surface area (Å²) in [6.45, 7) is 3.98. The van der Waals surface area contributed by atoms with Crippen molar-refractivity contribution < 1.29 is 27.0 Å². The molecule has 3 aromatic rings. The predicted molar refractivity (Wildman–Crippen MR) is 127 cm³/mol. The number of ether oxygens (including phenoxy) is 1. The van der Waals surface area contributed by atoms with Crippen molar-refractivity contribution in [2.24, 2.45) is 0 Å². The van der Waals surface area contributed by atoms with Crippen LogP contribution in [0, 0.1) is 0 Å². The minimum atomic E-state index is -4.00. The van der Waals surface area contributed by atoms with Crippen LogP contribution in [0.15, 0.2) is 23.4 Å². The molecule has 36 heavy (non-hydrogen) atoms. The number of imidazole rings is 1. The molecule has 0 bridgehead atoms. The second-order valence-electron chi connectivity index (χ2n) is 9.40. The van der Waals surface area contributed by atoms with Gasteiger partial charge in [0.05, 0.1) is 48.8 Å². The second-order valence-corrected chi connectivity index (χ2v) is 12.1. The molecule has 0 aromatic carbocycles. The number of aliphatic hydroxyl groups excluding tert-OH is 1. The monoisotopic (exact) mass is 541 g/mol. The van der Waals surface area contributed by atoms with Crippen LogP contribution in [-0.4, -0.2) is 95.6 Å². The topological polar surface area (TPSA) is 125 Å². The van der Waals surface area contributed by atoms with E-state index in [1.807, 2.05) is 0 Å². The van der Waals surface area contributed by atoms with E-state index in [1.54, 1.807) is 16.7 Å². The molecule has 3 fully saturated rings. The first-order chi connectivity index (χ1) is 17.3. The lowest BCUT2D eigenvalue weighted by Crippen LogP contribution is -2.58. The number of nitrogens with one attached hydrogen (secondary N) is 1. The molecule has 0 amide bonds. The highest BCUT2D eigenvalue weighted by Gasteiger charge is 2.46. The molecule has 2 aliphatic heterocycles. The molecule has 194 valence electrons. The van der Waals surface area contributed by atoms with Gasteiger partial charge in [0.15, 0.2) is 15.8 Å². The third-order valence-corrected chi connectivity index (χ3v) is 9.48. The second kappa shape index (κ2) is 8.92. The number of anilines is 1. The number of aromatic nitrogens is 4. The van der Waals surface area contributed by atoms with Gasteiger partial charge in [-0.15, -0.1) is 10.2 Å². The van der Waals surface area contributed by atoms with Crippen LogP contribution in [0.4, 0.5) is 14.5 Å². The van der Waals surface area contributed by atoms with Crippen LogP contribution in [0.5, 0.6) is 0 Å². The lowest BCUT2D eigenvalue weighted by Gasteiger charge is -2.44. The molecule has 0 spiro atoms. The Labute approximate surface area is 209 Å². The fraction of sp³-hybridized carbons (Fsp3) is 0.571. The van der Waals surface area contributed by atoms with E-state index in [9.17, 15) is 22.3 Å². The average Bonchev–Trinajstić information content (AvgIpc) is 3.26. The number of aliphatic hydroxyl groups is 1. The molecule has 15 heteroatoms. The predicted octanol–water partition coefficient (Wildman–Crippen LogP) is 1.11. The molecule has 5 heterocycles. The van der Waals surface area contributed by atoms with Gasteiger partial charge >= 0.3 is 0 Å².